The number of piperazine rings is 1. The van der Waals surface area contributed by atoms with E-state index in [4.69, 9.17) is 15.7 Å². The molecule has 2 aliphatic rings. The third-order valence-electron chi connectivity index (χ3n) is 8.79. The van der Waals surface area contributed by atoms with Crippen molar-refractivity contribution in [3.63, 3.8) is 0 Å². The Kier molecular flexibility index (Phi) is 6.03. The summed E-state index contributed by atoms with van der Waals surface area (Å²) >= 11 is 0. The van der Waals surface area contributed by atoms with Crippen molar-refractivity contribution in [2.45, 2.75) is 24.8 Å². The highest BCUT2D eigenvalue weighted by atomic mass is 15.3. The molecule has 2 aromatic carbocycles. The molecule has 8 rings (SSSR count). The van der Waals surface area contributed by atoms with E-state index in [1.165, 1.54) is 0 Å². The molecule has 1 aliphatic heterocycles. The largest absolute Gasteiger partial charge is 0.382 e. The van der Waals surface area contributed by atoms with Crippen molar-refractivity contribution >= 4 is 28.2 Å². The quantitative estimate of drug-likeness (QED) is 0.317. The van der Waals surface area contributed by atoms with E-state index in [9.17, 15) is 0 Å². The average Bonchev–Trinajstić information content (AvgIpc) is 3.41. The van der Waals surface area contributed by atoms with Crippen molar-refractivity contribution in [3.05, 3.63) is 97.3 Å². The van der Waals surface area contributed by atoms with Crippen molar-refractivity contribution in [1.29, 1.82) is 0 Å². The molecular weight excluding hydrogens is 522 g/mol. The molecule has 0 spiro atoms. The number of fused-ring (bicyclic) bond motifs is 2. The van der Waals surface area contributed by atoms with Gasteiger partial charge in [-0.25, -0.2) is 24.9 Å². The minimum absolute atomic E-state index is 0.372. The number of hydrogen-bond donors (Lipinski definition) is 1. The van der Waals surface area contributed by atoms with Crippen LogP contribution in [0.15, 0.2) is 91.5 Å². The van der Waals surface area contributed by atoms with Crippen LogP contribution in [0.1, 0.15) is 24.6 Å². The van der Waals surface area contributed by atoms with Crippen LogP contribution in [0.3, 0.4) is 0 Å². The zero-order chi connectivity index (χ0) is 28.0. The minimum Gasteiger partial charge on any atom is -0.382 e. The van der Waals surface area contributed by atoms with E-state index < -0.39 is 0 Å². The first-order chi connectivity index (χ1) is 20.7. The summed E-state index contributed by atoms with van der Waals surface area (Å²) < 4.78 is 2.15. The van der Waals surface area contributed by atoms with Gasteiger partial charge in [0.1, 0.15) is 22.9 Å². The van der Waals surface area contributed by atoms with Crippen LogP contribution >= 0.6 is 0 Å². The van der Waals surface area contributed by atoms with Crippen LogP contribution in [-0.2, 0) is 0 Å². The monoisotopic (exact) mass is 553 g/mol. The van der Waals surface area contributed by atoms with Crippen molar-refractivity contribution in [2.75, 3.05) is 36.8 Å². The van der Waals surface area contributed by atoms with E-state index in [0.717, 1.165) is 89.7 Å². The van der Waals surface area contributed by atoms with Gasteiger partial charge in [-0.1, -0.05) is 48.5 Å². The van der Waals surface area contributed by atoms with Gasteiger partial charge in [-0.3, -0.25) is 9.30 Å². The van der Waals surface area contributed by atoms with Gasteiger partial charge >= 0.3 is 0 Å². The molecular formula is C33H31N9. The molecule has 0 bridgehead atoms. The SMILES string of the molecule is Nc1nccn2c1c(-c1ccc3ccc(-c4ccccc4)nc3c1)nc2[C@H]1C[C@@H](N2CCN(c3ncccn3)CC2)C1. The number of pyridine rings is 1. The normalized spacial score (nSPS) is 19.3. The molecule has 1 saturated carbocycles. The van der Waals surface area contributed by atoms with E-state index in [1.54, 1.807) is 6.20 Å². The Hall–Kier alpha value is -4.89. The molecule has 208 valence electrons. The van der Waals surface area contributed by atoms with Crippen LogP contribution in [0.25, 0.3) is 38.9 Å². The van der Waals surface area contributed by atoms with Crippen molar-refractivity contribution in [3.8, 4) is 22.5 Å². The molecule has 1 saturated heterocycles. The first kappa shape index (κ1) is 24.9. The topological polar surface area (TPSA) is 101 Å². The van der Waals surface area contributed by atoms with E-state index in [1.807, 2.05) is 42.9 Å². The fraction of sp³-hybridized carbons (Fsp3) is 0.242. The average molecular weight is 554 g/mol. The zero-order valence-electron chi connectivity index (χ0n) is 23.2. The van der Waals surface area contributed by atoms with Gasteiger partial charge in [-0.05, 0) is 31.0 Å². The summed E-state index contributed by atoms with van der Waals surface area (Å²) in [5, 5.41) is 1.09. The summed E-state index contributed by atoms with van der Waals surface area (Å²) in [5.41, 5.74) is 12.2. The lowest BCUT2D eigenvalue weighted by Crippen LogP contribution is -2.54. The maximum atomic E-state index is 6.47. The first-order valence-corrected chi connectivity index (χ1v) is 14.6. The van der Waals surface area contributed by atoms with E-state index in [-0.39, 0.29) is 0 Å². The molecule has 5 heterocycles. The highest BCUT2D eigenvalue weighted by Crippen LogP contribution is 2.42. The Morgan fingerprint density at radius 3 is 2.33 bits per heavy atom. The smallest absolute Gasteiger partial charge is 0.225 e. The fourth-order valence-electron chi connectivity index (χ4n) is 6.45. The van der Waals surface area contributed by atoms with Gasteiger partial charge in [0.2, 0.25) is 5.95 Å². The summed E-state index contributed by atoms with van der Waals surface area (Å²) in [4.78, 5) is 28.4. The van der Waals surface area contributed by atoms with Crippen LogP contribution in [0.4, 0.5) is 11.8 Å². The van der Waals surface area contributed by atoms with E-state index in [0.29, 0.717) is 17.8 Å². The molecule has 2 N–H and O–H groups in total. The lowest BCUT2D eigenvalue weighted by Gasteiger charge is -2.46. The Morgan fingerprint density at radius 1 is 0.738 bits per heavy atom. The summed E-state index contributed by atoms with van der Waals surface area (Å²) in [6.45, 7) is 3.95. The lowest BCUT2D eigenvalue weighted by atomic mass is 9.78. The molecule has 0 radical (unpaired) electrons. The Morgan fingerprint density at radius 2 is 1.52 bits per heavy atom. The molecule has 0 unspecified atom stereocenters. The number of imidazole rings is 1. The second-order valence-corrected chi connectivity index (χ2v) is 11.2. The number of nitrogen functional groups attached to an aromatic ring is 1. The van der Waals surface area contributed by atoms with Gasteiger partial charge in [0.15, 0.2) is 0 Å². The van der Waals surface area contributed by atoms with E-state index in [2.05, 4.69) is 71.6 Å². The lowest BCUT2D eigenvalue weighted by molar-refractivity contribution is 0.0991. The molecule has 1 aliphatic carbocycles. The summed E-state index contributed by atoms with van der Waals surface area (Å²) in [6.07, 6.45) is 9.56. The van der Waals surface area contributed by atoms with Crippen molar-refractivity contribution < 1.29 is 0 Å². The highest BCUT2D eigenvalue weighted by molar-refractivity contribution is 5.91. The zero-order valence-corrected chi connectivity index (χ0v) is 23.2. The summed E-state index contributed by atoms with van der Waals surface area (Å²) in [7, 11) is 0. The molecule has 6 aromatic rings. The van der Waals surface area contributed by atoms with Crippen molar-refractivity contribution in [1.82, 2.24) is 34.2 Å². The van der Waals surface area contributed by atoms with Crippen LogP contribution in [0.2, 0.25) is 0 Å². The molecule has 2 fully saturated rings. The van der Waals surface area contributed by atoms with Crippen LogP contribution in [0.5, 0.6) is 0 Å². The number of aromatic nitrogens is 6. The second kappa shape index (κ2) is 10.2. The van der Waals surface area contributed by atoms with E-state index >= 15 is 0 Å². The van der Waals surface area contributed by atoms with Gasteiger partial charge in [0.25, 0.3) is 0 Å². The maximum Gasteiger partial charge on any atom is 0.225 e. The molecule has 0 atom stereocenters. The number of nitrogens with two attached hydrogens (primary N) is 1. The number of hydrogen-bond acceptors (Lipinski definition) is 8. The molecule has 42 heavy (non-hydrogen) atoms. The van der Waals surface area contributed by atoms with Crippen LogP contribution in [-0.4, -0.2) is 66.4 Å². The number of rotatable bonds is 5. The Labute approximate surface area is 243 Å². The molecule has 9 nitrogen and oxygen atoms in total. The third-order valence-corrected chi connectivity index (χ3v) is 8.79. The maximum absolute atomic E-state index is 6.47. The molecule has 4 aromatic heterocycles. The van der Waals surface area contributed by atoms with Gasteiger partial charge in [0, 0.05) is 79.4 Å². The van der Waals surface area contributed by atoms with Crippen molar-refractivity contribution in [2.24, 2.45) is 0 Å². The number of nitrogens with zero attached hydrogens (tertiary/aromatic N) is 8. The van der Waals surface area contributed by atoms with Gasteiger partial charge in [0.05, 0.1) is 11.2 Å². The fourth-order valence-corrected chi connectivity index (χ4v) is 6.45. The Bertz CT molecular complexity index is 1870. The van der Waals surface area contributed by atoms with Gasteiger partial charge < -0.3 is 10.6 Å². The molecule has 9 heteroatoms. The van der Waals surface area contributed by atoms with Gasteiger partial charge in [-0.2, -0.15) is 0 Å². The second-order valence-electron chi connectivity index (χ2n) is 11.2. The number of benzene rings is 2. The van der Waals surface area contributed by atoms with Gasteiger partial charge in [-0.15, -0.1) is 0 Å². The summed E-state index contributed by atoms with van der Waals surface area (Å²) in [6, 6.07) is 23.3. The van der Waals surface area contributed by atoms with Crippen LogP contribution < -0.4 is 10.6 Å². The summed E-state index contributed by atoms with van der Waals surface area (Å²) in [5.74, 6) is 2.75. The third kappa shape index (κ3) is 4.33. The standard InChI is InChI=1S/C33H31N9/c34-31-30-29(24-8-7-23-9-10-27(38-28(23)21-24)22-5-2-1-3-6-22)39-32(42(30)14-13-35-31)25-19-26(20-25)40-15-17-41(18-16-40)33-36-11-4-12-37-33/h1-14,21,25-26H,15-20H2,(H2,34,35)/t25-,26+. The minimum atomic E-state index is 0.372. The predicted octanol–water partition coefficient (Wildman–Crippen LogP) is 5.05. The highest BCUT2D eigenvalue weighted by Gasteiger charge is 2.38. The first-order valence-electron chi connectivity index (χ1n) is 14.6. The Balaban J connectivity index is 1.06. The number of anilines is 2. The molecule has 0 amide bonds. The van der Waals surface area contributed by atoms with Crippen LogP contribution in [0, 0.1) is 0 Å². The predicted molar refractivity (Wildman–Crippen MR) is 165 cm³/mol.